The Morgan fingerprint density at radius 1 is 1.12 bits per heavy atom. The van der Waals surface area contributed by atoms with Crippen molar-refractivity contribution in [3.8, 4) is 5.75 Å². The molecule has 5 nitrogen and oxygen atoms in total. The average molecular weight is 331 g/mol. The lowest BCUT2D eigenvalue weighted by Gasteiger charge is -2.16. The molecule has 1 N–H and O–H groups in total. The molecular weight excluding hydrogens is 313 g/mol. The zero-order valence-corrected chi connectivity index (χ0v) is 13.6. The SMILES string of the molecule is COC(=O)c1ccc(C)c(NC(=O)[C@@H](C)Oc2ccc(F)cc2)c1. The van der Waals surface area contributed by atoms with E-state index in [1.807, 2.05) is 6.92 Å². The highest BCUT2D eigenvalue weighted by atomic mass is 19.1. The standard InChI is InChI=1S/C18H18FNO4/c1-11-4-5-13(18(22)23-3)10-16(11)20-17(21)12(2)24-15-8-6-14(19)7-9-15/h4-10,12H,1-3H3,(H,20,21)/t12-/m1/s1. The fourth-order valence-electron chi connectivity index (χ4n) is 2.01. The van der Waals surface area contributed by atoms with Gasteiger partial charge in [0, 0.05) is 5.69 Å². The summed E-state index contributed by atoms with van der Waals surface area (Å²) in [6.45, 7) is 3.39. The number of hydrogen-bond donors (Lipinski definition) is 1. The van der Waals surface area contributed by atoms with Crippen molar-refractivity contribution in [3.63, 3.8) is 0 Å². The Morgan fingerprint density at radius 2 is 1.79 bits per heavy atom. The Bertz CT molecular complexity index is 743. The molecule has 6 heteroatoms. The van der Waals surface area contributed by atoms with Crippen molar-refractivity contribution < 1.29 is 23.5 Å². The molecule has 0 bridgehead atoms. The second kappa shape index (κ2) is 7.59. The summed E-state index contributed by atoms with van der Waals surface area (Å²) in [4.78, 5) is 23.8. The highest BCUT2D eigenvalue weighted by Gasteiger charge is 2.17. The van der Waals surface area contributed by atoms with Crippen LogP contribution < -0.4 is 10.1 Å². The van der Waals surface area contributed by atoms with Crippen LogP contribution in [0.3, 0.4) is 0 Å². The predicted molar refractivity (Wildman–Crippen MR) is 87.6 cm³/mol. The quantitative estimate of drug-likeness (QED) is 0.854. The first-order chi connectivity index (χ1) is 11.4. The number of halogens is 1. The predicted octanol–water partition coefficient (Wildman–Crippen LogP) is 3.33. The molecule has 0 spiro atoms. The van der Waals surface area contributed by atoms with Crippen LogP contribution in [0.5, 0.6) is 5.75 Å². The lowest BCUT2D eigenvalue weighted by Crippen LogP contribution is -2.30. The van der Waals surface area contributed by atoms with E-state index < -0.39 is 12.1 Å². The molecule has 24 heavy (non-hydrogen) atoms. The van der Waals surface area contributed by atoms with E-state index in [-0.39, 0.29) is 11.7 Å². The Hall–Kier alpha value is -2.89. The molecule has 2 aromatic carbocycles. The zero-order valence-electron chi connectivity index (χ0n) is 13.6. The Labute approximate surface area is 139 Å². The van der Waals surface area contributed by atoms with Gasteiger partial charge in [-0.05, 0) is 55.8 Å². The summed E-state index contributed by atoms with van der Waals surface area (Å²) >= 11 is 0. The maximum absolute atomic E-state index is 12.9. The van der Waals surface area contributed by atoms with Crippen molar-refractivity contribution in [1.82, 2.24) is 0 Å². The second-order valence-electron chi connectivity index (χ2n) is 5.22. The van der Waals surface area contributed by atoms with E-state index in [1.165, 1.54) is 31.4 Å². The summed E-state index contributed by atoms with van der Waals surface area (Å²) in [6, 6.07) is 10.3. The number of ether oxygens (including phenoxy) is 2. The third-order valence-electron chi connectivity index (χ3n) is 3.41. The van der Waals surface area contributed by atoms with Gasteiger partial charge in [-0.25, -0.2) is 9.18 Å². The van der Waals surface area contributed by atoms with Crippen molar-refractivity contribution in [1.29, 1.82) is 0 Å². The second-order valence-corrected chi connectivity index (χ2v) is 5.22. The smallest absolute Gasteiger partial charge is 0.337 e. The van der Waals surface area contributed by atoms with Crippen LogP contribution in [0.25, 0.3) is 0 Å². The van der Waals surface area contributed by atoms with Gasteiger partial charge < -0.3 is 14.8 Å². The maximum Gasteiger partial charge on any atom is 0.337 e. The van der Waals surface area contributed by atoms with E-state index in [0.717, 1.165) is 5.56 Å². The van der Waals surface area contributed by atoms with E-state index in [1.54, 1.807) is 25.1 Å². The van der Waals surface area contributed by atoms with Crippen molar-refractivity contribution in [3.05, 3.63) is 59.4 Å². The number of esters is 1. The maximum atomic E-state index is 12.9. The molecule has 0 fully saturated rings. The van der Waals surface area contributed by atoms with Gasteiger partial charge in [-0.15, -0.1) is 0 Å². The third kappa shape index (κ3) is 4.32. The topological polar surface area (TPSA) is 64.6 Å². The Morgan fingerprint density at radius 3 is 2.42 bits per heavy atom. The van der Waals surface area contributed by atoms with Crippen LogP contribution in [-0.4, -0.2) is 25.1 Å². The fourth-order valence-corrected chi connectivity index (χ4v) is 2.01. The van der Waals surface area contributed by atoms with Crippen LogP contribution in [0.2, 0.25) is 0 Å². The fraction of sp³-hybridized carbons (Fsp3) is 0.222. The van der Waals surface area contributed by atoms with Gasteiger partial charge in [-0.2, -0.15) is 0 Å². The average Bonchev–Trinajstić information content (AvgIpc) is 2.58. The van der Waals surface area contributed by atoms with Crippen molar-refractivity contribution in [2.75, 3.05) is 12.4 Å². The number of anilines is 1. The number of carbonyl (C=O) groups is 2. The molecule has 0 unspecified atom stereocenters. The minimum absolute atomic E-state index is 0.338. The molecule has 1 amide bonds. The van der Waals surface area contributed by atoms with Crippen molar-refractivity contribution >= 4 is 17.6 Å². The van der Waals surface area contributed by atoms with Gasteiger partial charge in [0.05, 0.1) is 12.7 Å². The molecule has 2 aromatic rings. The zero-order chi connectivity index (χ0) is 17.7. The molecule has 0 saturated heterocycles. The summed E-state index contributed by atoms with van der Waals surface area (Å²) in [6.07, 6.45) is -0.795. The highest BCUT2D eigenvalue weighted by molar-refractivity contribution is 5.97. The first-order valence-electron chi connectivity index (χ1n) is 7.32. The number of aryl methyl sites for hydroxylation is 1. The Balaban J connectivity index is 2.08. The van der Waals surface area contributed by atoms with Crippen LogP contribution in [0.15, 0.2) is 42.5 Å². The molecular formula is C18H18FNO4. The number of carbonyl (C=O) groups excluding carboxylic acids is 2. The molecule has 1 atom stereocenters. The molecule has 0 heterocycles. The summed E-state index contributed by atoms with van der Waals surface area (Å²) in [5.74, 6) is -0.862. The van der Waals surface area contributed by atoms with Crippen LogP contribution in [0.4, 0.5) is 10.1 Å². The molecule has 0 radical (unpaired) electrons. The van der Waals surface area contributed by atoms with Gasteiger partial charge in [0.25, 0.3) is 5.91 Å². The molecule has 0 aliphatic carbocycles. The van der Waals surface area contributed by atoms with Crippen LogP contribution in [-0.2, 0) is 9.53 Å². The van der Waals surface area contributed by atoms with Gasteiger partial charge >= 0.3 is 5.97 Å². The number of methoxy groups -OCH3 is 1. The van der Waals surface area contributed by atoms with E-state index in [9.17, 15) is 14.0 Å². The van der Waals surface area contributed by atoms with Gasteiger partial charge in [0.1, 0.15) is 11.6 Å². The molecule has 2 rings (SSSR count). The monoisotopic (exact) mass is 331 g/mol. The van der Waals surface area contributed by atoms with E-state index in [2.05, 4.69) is 10.1 Å². The largest absolute Gasteiger partial charge is 0.481 e. The number of hydrogen-bond acceptors (Lipinski definition) is 4. The van der Waals surface area contributed by atoms with E-state index in [4.69, 9.17) is 4.74 Å². The summed E-state index contributed by atoms with van der Waals surface area (Å²) in [7, 11) is 1.29. The van der Waals surface area contributed by atoms with Gasteiger partial charge in [-0.1, -0.05) is 6.07 Å². The molecule has 0 aliphatic heterocycles. The normalized spacial score (nSPS) is 11.5. The molecule has 0 aromatic heterocycles. The molecule has 0 aliphatic rings. The first kappa shape index (κ1) is 17.5. The highest BCUT2D eigenvalue weighted by Crippen LogP contribution is 2.19. The lowest BCUT2D eigenvalue weighted by atomic mass is 10.1. The minimum atomic E-state index is -0.795. The van der Waals surface area contributed by atoms with Crippen molar-refractivity contribution in [2.45, 2.75) is 20.0 Å². The number of nitrogens with one attached hydrogen (secondary N) is 1. The van der Waals surface area contributed by atoms with Crippen molar-refractivity contribution in [2.24, 2.45) is 0 Å². The van der Waals surface area contributed by atoms with Crippen LogP contribution in [0.1, 0.15) is 22.8 Å². The van der Waals surface area contributed by atoms with E-state index in [0.29, 0.717) is 17.0 Å². The number of benzene rings is 2. The third-order valence-corrected chi connectivity index (χ3v) is 3.41. The first-order valence-corrected chi connectivity index (χ1v) is 7.32. The van der Waals surface area contributed by atoms with E-state index >= 15 is 0 Å². The molecule has 126 valence electrons. The number of amides is 1. The Kier molecular flexibility index (Phi) is 5.52. The summed E-state index contributed by atoms with van der Waals surface area (Å²) in [5.41, 5.74) is 1.63. The lowest BCUT2D eigenvalue weighted by molar-refractivity contribution is -0.122. The summed E-state index contributed by atoms with van der Waals surface area (Å²) < 4.78 is 23.0. The van der Waals surface area contributed by atoms with Gasteiger partial charge in [0.2, 0.25) is 0 Å². The minimum Gasteiger partial charge on any atom is -0.481 e. The number of rotatable bonds is 5. The van der Waals surface area contributed by atoms with Crippen LogP contribution in [0, 0.1) is 12.7 Å². The molecule has 0 saturated carbocycles. The van der Waals surface area contributed by atoms with Crippen LogP contribution >= 0.6 is 0 Å². The van der Waals surface area contributed by atoms with Gasteiger partial charge in [-0.3, -0.25) is 4.79 Å². The van der Waals surface area contributed by atoms with Gasteiger partial charge in [0.15, 0.2) is 6.10 Å². The summed E-state index contributed by atoms with van der Waals surface area (Å²) in [5, 5.41) is 2.72.